The van der Waals surface area contributed by atoms with Gasteiger partial charge in [0.25, 0.3) is 0 Å². The van der Waals surface area contributed by atoms with E-state index in [1.54, 1.807) is 18.3 Å². The summed E-state index contributed by atoms with van der Waals surface area (Å²) in [5.74, 6) is -0.367. The number of amides is 1. The SMILES string of the molecule is CCOC(=O)CC1=CC(S[C@H](C)C(=O)NCc2cccs2)=Nc2ccccc2N1. The van der Waals surface area contributed by atoms with Crippen molar-refractivity contribution in [2.45, 2.75) is 32.1 Å². The van der Waals surface area contributed by atoms with Crippen LogP contribution in [-0.2, 0) is 20.9 Å². The summed E-state index contributed by atoms with van der Waals surface area (Å²) in [6.07, 6.45) is 1.92. The van der Waals surface area contributed by atoms with Gasteiger partial charge < -0.3 is 15.4 Å². The summed E-state index contributed by atoms with van der Waals surface area (Å²) in [4.78, 5) is 30.2. The summed E-state index contributed by atoms with van der Waals surface area (Å²) in [5.41, 5.74) is 2.26. The van der Waals surface area contributed by atoms with Crippen LogP contribution in [0, 0.1) is 0 Å². The van der Waals surface area contributed by atoms with Gasteiger partial charge in [0.15, 0.2) is 0 Å². The average molecular weight is 430 g/mol. The van der Waals surface area contributed by atoms with Crippen LogP contribution in [0.2, 0.25) is 0 Å². The molecule has 3 rings (SSSR count). The lowest BCUT2D eigenvalue weighted by Gasteiger charge is -2.12. The van der Waals surface area contributed by atoms with Crippen molar-refractivity contribution in [3.63, 3.8) is 0 Å². The smallest absolute Gasteiger partial charge is 0.311 e. The van der Waals surface area contributed by atoms with E-state index >= 15 is 0 Å². The van der Waals surface area contributed by atoms with Crippen molar-refractivity contribution in [3.05, 3.63) is 58.4 Å². The number of ether oxygens (including phenoxy) is 1. The van der Waals surface area contributed by atoms with E-state index in [4.69, 9.17) is 4.74 Å². The third-order valence-electron chi connectivity index (χ3n) is 4.05. The first-order valence-corrected chi connectivity index (χ1v) is 11.1. The number of aliphatic imine (C=N–C) groups is 1. The number of rotatable bonds is 7. The minimum absolute atomic E-state index is 0.0584. The molecule has 2 heterocycles. The first-order valence-electron chi connectivity index (χ1n) is 9.33. The Bertz CT molecular complexity index is 923. The maximum absolute atomic E-state index is 12.5. The quantitative estimate of drug-likeness (QED) is 0.635. The molecule has 1 aromatic carbocycles. The number of anilines is 1. The summed E-state index contributed by atoms with van der Waals surface area (Å²) in [6.45, 7) is 4.48. The number of benzene rings is 1. The number of carbonyl (C=O) groups excluding carboxylic acids is 2. The highest BCUT2D eigenvalue weighted by Gasteiger charge is 2.19. The van der Waals surface area contributed by atoms with E-state index in [2.05, 4.69) is 15.6 Å². The molecule has 0 fully saturated rings. The molecule has 0 bridgehead atoms. The Morgan fingerprint density at radius 1 is 1.28 bits per heavy atom. The van der Waals surface area contributed by atoms with Gasteiger partial charge >= 0.3 is 5.97 Å². The predicted octanol–water partition coefficient (Wildman–Crippen LogP) is 4.48. The number of carbonyl (C=O) groups is 2. The second-order valence-corrected chi connectivity index (χ2v) is 8.69. The number of thiophene rings is 1. The van der Waals surface area contributed by atoms with E-state index in [1.807, 2.05) is 54.8 Å². The standard InChI is InChI=1S/C21H23N3O3S2/c1-3-27-20(25)12-15-11-19(24-18-9-5-4-8-17(18)23-15)29-14(2)21(26)22-13-16-7-6-10-28-16/h4-11,14,23H,3,12-13H2,1-2H3,(H,22,26)/t14-/m1/s1. The van der Waals surface area contributed by atoms with Crippen LogP contribution in [0.5, 0.6) is 0 Å². The van der Waals surface area contributed by atoms with Crippen molar-refractivity contribution in [2.24, 2.45) is 4.99 Å². The van der Waals surface area contributed by atoms with Gasteiger partial charge in [0.2, 0.25) is 5.91 Å². The summed E-state index contributed by atoms with van der Waals surface area (Å²) in [5, 5.41) is 8.53. The van der Waals surface area contributed by atoms with Crippen molar-refractivity contribution >= 4 is 51.4 Å². The highest BCUT2D eigenvalue weighted by Crippen LogP contribution is 2.32. The topological polar surface area (TPSA) is 79.8 Å². The molecule has 0 unspecified atom stereocenters. The second kappa shape index (κ2) is 10.3. The monoisotopic (exact) mass is 429 g/mol. The lowest BCUT2D eigenvalue weighted by Crippen LogP contribution is -2.30. The van der Waals surface area contributed by atoms with Crippen molar-refractivity contribution in [2.75, 3.05) is 11.9 Å². The Morgan fingerprint density at radius 3 is 2.86 bits per heavy atom. The maximum Gasteiger partial charge on any atom is 0.311 e. The Balaban J connectivity index is 1.72. The van der Waals surface area contributed by atoms with Gasteiger partial charge in [0, 0.05) is 10.6 Å². The average Bonchev–Trinajstić information content (AvgIpc) is 3.15. The normalized spacial score (nSPS) is 13.9. The van der Waals surface area contributed by atoms with E-state index in [-0.39, 0.29) is 23.5 Å². The van der Waals surface area contributed by atoms with Gasteiger partial charge in [-0.2, -0.15) is 0 Å². The molecule has 0 saturated carbocycles. The molecule has 6 nitrogen and oxygen atoms in total. The van der Waals surface area contributed by atoms with E-state index in [0.29, 0.717) is 23.9 Å². The van der Waals surface area contributed by atoms with Gasteiger partial charge in [-0.25, -0.2) is 4.99 Å². The molecule has 1 aliphatic heterocycles. The zero-order valence-corrected chi connectivity index (χ0v) is 17.9. The Hall–Kier alpha value is -2.58. The van der Waals surface area contributed by atoms with E-state index < -0.39 is 0 Å². The van der Waals surface area contributed by atoms with Crippen LogP contribution in [0.3, 0.4) is 0 Å². The van der Waals surface area contributed by atoms with Crippen LogP contribution >= 0.6 is 23.1 Å². The lowest BCUT2D eigenvalue weighted by atomic mass is 10.2. The fourth-order valence-electron chi connectivity index (χ4n) is 2.67. The zero-order chi connectivity index (χ0) is 20.6. The number of esters is 1. The molecule has 29 heavy (non-hydrogen) atoms. The molecule has 1 amide bonds. The number of hydrogen-bond acceptors (Lipinski definition) is 7. The summed E-state index contributed by atoms with van der Waals surface area (Å²) < 4.78 is 5.07. The number of para-hydroxylation sites is 2. The highest BCUT2D eigenvalue weighted by molar-refractivity contribution is 8.15. The van der Waals surface area contributed by atoms with Gasteiger partial charge in [-0.1, -0.05) is 30.0 Å². The van der Waals surface area contributed by atoms with E-state index in [9.17, 15) is 9.59 Å². The minimum Gasteiger partial charge on any atom is -0.466 e. The summed E-state index contributed by atoms with van der Waals surface area (Å²) in [6, 6.07) is 11.6. The van der Waals surface area contributed by atoms with Gasteiger partial charge in [-0.3, -0.25) is 9.59 Å². The molecular formula is C21H23N3O3S2. The van der Waals surface area contributed by atoms with Crippen molar-refractivity contribution < 1.29 is 14.3 Å². The molecule has 1 aliphatic rings. The molecule has 0 aliphatic carbocycles. The molecule has 0 saturated heterocycles. The van der Waals surface area contributed by atoms with Crippen LogP contribution in [-0.4, -0.2) is 28.8 Å². The molecule has 1 atom stereocenters. The first-order chi connectivity index (χ1) is 14.0. The van der Waals surface area contributed by atoms with Crippen molar-refractivity contribution in [3.8, 4) is 0 Å². The fraction of sp³-hybridized carbons (Fsp3) is 0.286. The van der Waals surface area contributed by atoms with E-state index in [1.165, 1.54) is 11.8 Å². The van der Waals surface area contributed by atoms with Crippen LogP contribution in [0.1, 0.15) is 25.1 Å². The number of nitrogens with one attached hydrogen (secondary N) is 2. The van der Waals surface area contributed by atoms with Crippen LogP contribution < -0.4 is 10.6 Å². The van der Waals surface area contributed by atoms with Gasteiger partial charge in [0.05, 0.1) is 41.2 Å². The lowest BCUT2D eigenvalue weighted by molar-refractivity contribution is -0.142. The van der Waals surface area contributed by atoms with Crippen LogP contribution in [0.4, 0.5) is 11.4 Å². The third-order valence-corrected chi connectivity index (χ3v) is 5.95. The number of fused-ring (bicyclic) bond motifs is 1. The van der Waals surface area contributed by atoms with Gasteiger partial charge in [0.1, 0.15) is 0 Å². The first kappa shape index (κ1) is 21.1. The number of nitrogens with zero attached hydrogens (tertiary/aromatic N) is 1. The number of thioether (sulfide) groups is 1. The van der Waals surface area contributed by atoms with Crippen molar-refractivity contribution in [1.82, 2.24) is 5.32 Å². The van der Waals surface area contributed by atoms with Gasteiger partial charge in [-0.05, 0) is 43.5 Å². The minimum atomic E-state index is -0.334. The summed E-state index contributed by atoms with van der Waals surface area (Å²) >= 11 is 2.97. The summed E-state index contributed by atoms with van der Waals surface area (Å²) in [7, 11) is 0. The highest BCUT2D eigenvalue weighted by atomic mass is 32.2. The Kier molecular flexibility index (Phi) is 7.48. The van der Waals surface area contributed by atoms with Crippen molar-refractivity contribution in [1.29, 1.82) is 0 Å². The fourth-order valence-corrected chi connectivity index (χ4v) is 4.23. The van der Waals surface area contributed by atoms with Crippen LogP contribution in [0.15, 0.2) is 58.5 Å². The molecule has 8 heteroatoms. The molecular weight excluding hydrogens is 406 g/mol. The molecule has 0 radical (unpaired) electrons. The maximum atomic E-state index is 12.5. The molecule has 0 spiro atoms. The van der Waals surface area contributed by atoms with E-state index in [0.717, 1.165) is 16.3 Å². The predicted molar refractivity (Wildman–Crippen MR) is 120 cm³/mol. The Morgan fingerprint density at radius 2 is 2.10 bits per heavy atom. The molecule has 2 N–H and O–H groups in total. The molecule has 1 aromatic heterocycles. The van der Waals surface area contributed by atoms with Crippen LogP contribution in [0.25, 0.3) is 0 Å². The molecule has 152 valence electrons. The van der Waals surface area contributed by atoms with Gasteiger partial charge in [-0.15, -0.1) is 11.3 Å². The number of hydrogen-bond donors (Lipinski definition) is 2. The molecule has 2 aromatic rings. The zero-order valence-electron chi connectivity index (χ0n) is 16.3. The largest absolute Gasteiger partial charge is 0.466 e. The second-order valence-electron chi connectivity index (χ2n) is 6.30. The third kappa shape index (κ3) is 6.20. The Labute approximate surface area is 178 Å².